The molecule has 2 unspecified atom stereocenters. The van der Waals surface area contributed by atoms with Crippen molar-refractivity contribution in [3.63, 3.8) is 0 Å². The van der Waals surface area contributed by atoms with Gasteiger partial charge in [0.1, 0.15) is 37.2 Å². The Morgan fingerprint density at radius 3 is 1.29 bits per heavy atom. The smallest absolute Gasteiger partial charge is 0.311 e. The first-order valence-corrected chi connectivity index (χ1v) is 23.7. The summed E-state index contributed by atoms with van der Waals surface area (Å²) in [4.78, 5) is 29.1. The third kappa shape index (κ3) is 12.4. The molecule has 4 heterocycles. The van der Waals surface area contributed by atoms with Crippen LogP contribution < -0.4 is 9.47 Å². The molecule has 0 bridgehead atoms. The highest BCUT2D eigenvalue weighted by Crippen LogP contribution is 2.42. The third-order valence-corrected chi connectivity index (χ3v) is 13.2. The van der Waals surface area contributed by atoms with Crippen LogP contribution in [0.1, 0.15) is 100 Å². The van der Waals surface area contributed by atoms with E-state index in [4.69, 9.17) is 23.0 Å². The first-order chi connectivity index (χ1) is 33.5. The molecule has 8 aromatic rings. The largest absolute Gasteiger partial charge is 0.487 e. The minimum atomic E-state index is -0.823. The number of oxazole rings is 2. The second kappa shape index (κ2) is 22.4. The molecule has 11 heteroatoms. The quantitative estimate of drug-likeness (QED) is 0.0821. The number of aromatic nitrogens is 4. The van der Waals surface area contributed by atoms with Crippen molar-refractivity contribution in [1.29, 1.82) is 0 Å². The van der Waals surface area contributed by atoms with Crippen molar-refractivity contribution in [2.75, 3.05) is 7.11 Å². The summed E-state index contributed by atoms with van der Waals surface area (Å²) in [5.41, 5.74) is 8.52. The molecule has 4 aromatic heterocycles. The SMILES string of the molecule is CC(C)C(C)(c1ccc(OCc2ccccn2)cc1)c1ccc(-c2nc(CC(C)(C)O)co2)cc1.COC(=O)Cc1coc(-c2ccc(C(C)(c3ccc(OCc4ccccn4)cc3)C(C)C)cc2)n1. The summed E-state index contributed by atoms with van der Waals surface area (Å²) >= 11 is 0. The minimum Gasteiger partial charge on any atom is -0.487 e. The molecule has 0 saturated heterocycles. The summed E-state index contributed by atoms with van der Waals surface area (Å²) in [6.07, 6.45) is 7.20. The number of rotatable bonds is 18. The van der Waals surface area contributed by atoms with Gasteiger partial charge in [0.25, 0.3) is 0 Å². The maximum atomic E-state index is 11.5. The van der Waals surface area contributed by atoms with Gasteiger partial charge in [-0.3, -0.25) is 14.8 Å². The zero-order valence-corrected chi connectivity index (χ0v) is 41.7. The van der Waals surface area contributed by atoms with Crippen molar-refractivity contribution in [3.8, 4) is 34.4 Å². The van der Waals surface area contributed by atoms with E-state index in [-0.39, 0.29) is 23.2 Å². The van der Waals surface area contributed by atoms with Crippen LogP contribution in [0.2, 0.25) is 0 Å². The molecule has 11 nitrogen and oxygen atoms in total. The lowest BCUT2D eigenvalue weighted by Gasteiger charge is -2.35. The van der Waals surface area contributed by atoms with Gasteiger partial charge in [-0.15, -0.1) is 0 Å². The van der Waals surface area contributed by atoms with E-state index in [9.17, 15) is 9.90 Å². The zero-order chi connectivity index (χ0) is 49.9. The lowest BCUT2D eigenvalue weighted by Crippen LogP contribution is -2.30. The molecule has 0 radical (unpaired) electrons. The fourth-order valence-corrected chi connectivity index (χ4v) is 8.37. The molecule has 2 atom stereocenters. The molecule has 362 valence electrons. The molecule has 0 aliphatic rings. The monoisotopic (exact) mass is 940 g/mol. The van der Waals surface area contributed by atoms with Gasteiger partial charge in [0.15, 0.2) is 0 Å². The van der Waals surface area contributed by atoms with Gasteiger partial charge in [-0.05, 0) is 121 Å². The van der Waals surface area contributed by atoms with Crippen LogP contribution in [0.5, 0.6) is 11.5 Å². The van der Waals surface area contributed by atoms with E-state index in [0.29, 0.717) is 48.9 Å². The van der Waals surface area contributed by atoms with Crippen LogP contribution >= 0.6 is 0 Å². The Kier molecular flexibility index (Phi) is 16.1. The predicted octanol–water partition coefficient (Wildman–Crippen LogP) is 12.6. The Balaban J connectivity index is 0.000000206. The van der Waals surface area contributed by atoms with Crippen molar-refractivity contribution in [1.82, 2.24) is 19.9 Å². The minimum absolute atomic E-state index is 0.0884. The average Bonchev–Trinajstić information content (AvgIpc) is 4.05. The van der Waals surface area contributed by atoms with Crippen LogP contribution in [0.25, 0.3) is 22.9 Å². The van der Waals surface area contributed by atoms with Crippen LogP contribution in [-0.4, -0.2) is 43.7 Å². The Morgan fingerprint density at radius 1 is 0.543 bits per heavy atom. The van der Waals surface area contributed by atoms with E-state index in [1.807, 2.05) is 72.8 Å². The second-order valence-corrected chi connectivity index (χ2v) is 19.2. The van der Waals surface area contributed by atoms with Crippen molar-refractivity contribution in [2.24, 2.45) is 11.8 Å². The number of carbonyl (C=O) groups excluding carboxylic acids is 1. The predicted molar refractivity (Wildman–Crippen MR) is 272 cm³/mol. The summed E-state index contributed by atoms with van der Waals surface area (Å²) < 4.78 is 27.8. The molecule has 4 aromatic carbocycles. The number of hydrogen-bond donors (Lipinski definition) is 1. The van der Waals surface area contributed by atoms with Crippen LogP contribution in [0.4, 0.5) is 0 Å². The number of carbonyl (C=O) groups is 1. The van der Waals surface area contributed by atoms with Crippen LogP contribution in [0.3, 0.4) is 0 Å². The fourth-order valence-electron chi connectivity index (χ4n) is 8.37. The summed E-state index contributed by atoms with van der Waals surface area (Å²) in [5.74, 6) is 3.06. The average molecular weight is 941 g/mol. The van der Waals surface area contributed by atoms with E-state index in [2.05, 4.69) is 122 Å². The molecule has 0 aliphatic heterocycles. The molecule has 1 N–H and O–H groups in total. The highest BCUT2D eigenvalue weighted by atomic mass is 16.5. The first kappa shape index (κ1) is 50.5. The van der Waals surface area contributed by atoms with Gasteiger partial charge in [0.2, 0.25) is 11.8 Å². The van der Waals surface area contributed by atoms with E-state index < -0.39 is 5.60 Å². The van der Waals surface area contributed by atoms with E-state index in [0.717, 1.165) is 39.7 Å². The second-order valence-electron chi connectivity index (χ2n) is 19.2. The number of ether oxygens (including phenoxy) is 3. The standard InChI is InChI=1S/C30H34N2O3.C29H30N2O4/c1-21(2)30(5,24-13-15-27(16-14-24)34-19-25-8-6-7-17-31-25)23-11-9-22(10-12-23)28-32-26(20-35-28)18-29(3,4)33;1-20(2)29(3,23-12-14-26(15-13-23)34-18-24-7-5-6-16-30-24)22-10-8-21(9-11-22)28-31-25(19-35-28)17-27(32)33-4/h6-17,20-21,33H,18-19H2,1-5H3;5-16,19-20H,17-18H2,1-4H3. The van der Waals surface area contributed by atoms with E-state index >= 15 is 0 Å². The summed E-state index contributed by atoms with van der Waals surface area (Å²) in [7, 11) is 1.36. The molecule has 0 aliphatic carbocycles. The normalized spacial score (nSPS) is 13.2. The maximum absolute atomic E-state index is 11.5. The van der Waals surface area contributed by atoms with Crippen molar-refractivity contribution >= 4 is 5.97 Å². The van der Waals surface area contributed by atoms with Gasteiger partial charge in [0, 0.05) is 40.8 Å². The van der Waals surface area contributed by atoms with Crippen molar-refractivity contribution in [2.45, 2.75) is 97.9 Å². The fraction of sp³-hybridized carbons (Fsp3) is 0.305. The van der Waals surface area contributed by atoms with Crippen LogP contribution in [0.15, 0.2) is 167 Å². The Labute approximate surface area is 412 Å². The zero-order valence-electron chi connectivity index (χ0n) is 41.7. The Hall–Kier alpha value is -7.37. The summed E-state index contributed by atoms with van der Waals surface area (Å²) in [5, 5.41) is 10.0. The highest BCUT2D eigenvalue weighted by molar-refractivity contribution is 5.72. The molecule has 0 fully saturated rings. The third-order valence-electron chi connectivity index (χ3n) is 13.2. The molecule has 0 spiro atoms. The van der Waals surface area contributed by atoms with Crippen molar-refractivity contribution < 1.29 is 32.9 Å². The first-order valence-electron chi connectivity index (χ1n) is 23.7. The van der Waals surface area contributed by atoms with Crippen molar-refractivity contribution in [3.05, 3.63) is 203 Å². The summed E-state index contributed by atoms with van der Waals surface area (Å²) in [6.45, 7) is 17.9. The van der Waals surface area contributed by atoms with Crippen LogP contribution in [-0.2, 0) is 46.4 Å². The number of hydrogen-bond acceptors (Lipinski definition) is 11. The summed E-state index contributed by atoms with van der Waals surface area (Å²) in [6, 6.07) is 45.0. The lowest BCUT2D eigenvalue weighted by molar-refractivity contribution is -0.139. The lowest BCUT2D eigenvalue weighted by atomic mass is 9.68. The Morgan fingerprint density at radius 2 is 0.929 bits per heavy atom. The molecule has 0 saturated carbocycles. The number of nitrogens with zero attached hydrogens (tertiary/aromatic N) is 4. The number of aliphatic hydroxyl groups is 1. The molecule has 8 rings (SSSR count). The van der Waals surface area contributed by atoms with Gasteiger partial charge in [0.05, 0.1) is 41.9 Å². The van der Waals surface area contributed by atoms with Crippen LogP contribution in [0, 0.1) is 11.8 Å². The van der Waals surface area contributed by atoms with E-state index in [1.165, 1.54) is 35.6 Å². The van der Waals surface area contributed by atoms with E-state index in [1.54, 1.807) is 32.5 Å². The number of esters is 1. The molecule has 0 amide bonds. The number of benzene rings is 4. The molecular formula is C59H64N4O7. The van der Waals surface area contributed by atoms with Gasteiger partial charge >= 0.3 is 5.97 Å². The molecular weight excluding hydrogens is 877 g/mol. The van der Waals surface area contributed by atoms with Gasteiger partial charge < -0.3 is 28.2 Å². The van der Waals surface area contributed by atoms with Gasteiger partial charge in [-0.25, -0.2) is 9.97 Å². The van der Waals surface area contributed by atoms with Gasteiger partial charge in [-0.2, -0.15) is 0 Å². The highest BCUT2D eigenvalue weighted by Gasteiger charge is 2.34. The Bertz CT molecular complexity index is 2870. The molecule has 70 heavy (non-hydrogen) atoms. The van der Waals surface area contributed by atoms with Gasteiger partial charge in [-0.1, -0.05) is 102 Å². The number of methoxy groups -OCH3 is 1. The number of pyridine rings is 2. The maximum Gasteiger partial charge on any atom is 0.311 e. The topological polar surface area (TPSA) is 143 Å².